The van der Waals surface area contributed by atoms with Crippen LogP contribution in [0.3, 0.4) is 0 Å². The lowest BCUT2D eigenvalue weighted by atomic mass is 10.2. The number of aromatic nitrogens is 2. The molecule has 0 atom stereocenters. The highest BCUT2D eigenvalue weighted by molar-refractivity contribution is 6.31. The number of imidazole rings is 1. The molecule has 5 nitrogen and oxygen atoms in total. The van der Waals surface area contributed by atoms with Crippen LogP contribution in [0.1, 0.15) is 24.2 Å². The van der Waals surface area contributed by atoms with Gasteiger partial charge < -0.3 is 15.0 Å². The van der Waals surface area contributed by atoms with Crippen LogP contribution in [-0.4, -0.2) is 33.7 Å². The van der Waals surface area contributed by atoms with Crippen LogP contribution in [0, 0.1) is 0 Å². The van der Waals surface area contributed by atoms with E-state index in [1.165, 1.54) is 0 Å². The van der Waals surface area contributed by atoms with Crippen molar-refractivity contribution >= 4 is 28.5 Å². The number of hydrogen-bond donors (Lipinski definition) is 2. The van der Waals surface area contributed by atoms with E-state index in [1.54, 1.807) is 0 Å². The molecule has 3 rings (SSSR count). The Bertz CT molecular complexity index is 892. The van der Waals surface area contributed by atoms with E-state index in [9.17, 15) is 4.79 Å². The fourth-order valence-corrected chi connectivity index (χ4v) is 3.13. The number of hydrogen-bond acceptors (Lipinski definition) is 3. The van der Waals surface area contributed by atoms with E-state index in [0.717, 1.165) is 27.4 Å². The average Bonchev–Trinajstić information content (AvgIpc) is 2.99. The Kier molecular flexibility index (Phi) is 6.26. The maximum atomic E-state index is 11.7. The second-order valence-electron chi connectivity index (χ2n) is 6.12. The first-order valence-corrected chi connectivity index (χ1v) is 9.12. The number of amides is 1. The summed E-state index contributed by atoms with van der Waals surface area (Å²) >= 11 is 6.33. The highest BCUT2D eigenvalue weighted by atomic mass is 35.5. The quantitative estimate of drug-likeness (QED) is 0.639. The number of aliphatic hydroxyl groups is 1. The molecule has 0 radical (unpaired) electrons. The maximum absolute atomic E-state index is 11.7. The summed E-state index contributed by atoms with van der Waals surface area (Å²) in [6, 6.07) is 15.8. The van der Waals surface area contributed by atoms with Gasteiger partial charge in [-0.05, 0) is 30.2 Å². The molecule has 0 fully saturated rings. The molecular weight excluding hydrogens is 350 g/mol. The second kappa shape index (κ2) is 8.83. The highest BCUT2D eigenvalue weighted by Gasteiger charge is 2.12. The maximum Gasteiger partial charge on any atom is 0.220 e. The smallest absolute Gasteiger partial charge is 0.220 e. The Balaban J connectivity index is 1.79. The van der Waals surface area contributed by atoms with Crippen molar-refractivity contribution < 1.29 is 9.90 Å². The summed E-state index contributed by atoms with van der Waals surface area (Å²) in [4.78, 5) is 16.4. The molecule has 1 amide bonds. The normalized spacial score (nSPS) is 11.0. The Labute approximate surface area is 157 Å². The molecule has 0 aliphatic carbocycles. The number of carbonyl (C=O) groups excluding carboxylic acids is 1. The third kappa shape index (κ3) is 4.42. The summed E-state index contributed by atoms with van der Waals surface area (Å²) in [5, 5.41) is 12.4. The van der Waals surface area contributed by atoms with Crippen molar-refractivity contribution in [2.45, 2.75) is 25.8 Å². The minimum atomic E-state index is -0.0483. The van der Waals surface area contributed by atoms with Crippen LogP contribution in [0.2, 0.25) is 5.02 Å². The van der Waals surface area contributed by atoms with Gasteiger partial charge in [-0.2, -0.15) is 0 Å². The molecule has 0 spiro atoms. The summed E-state index contributed by atoms with van der Waals surface area (Å²) in [7, 11) is 0. The molecule has 2 aromatic carbocycles. The summed E-state index contributed by atoms with van der Waals surface area (Å²) in [5.74, 6) is 0.862. The molecule has 0 unspecified atom stereocenters. The van der Waals surface area contributed by atoms with Crippen molar-refractivity contribution in [1.82, 2.24) is 14.9 Å². The third-order valence-electron chi connectivity index (χ3n) is 4.25. The van der Waals surface area contributed by atoms with Gasteiger partial charge in [0.25, 0.3) is 0 Å². The molecule has 2 N–H and O–H groups in total. The van der Waals surface area contributed by atoms with E-state index in [4.69, 9.17) is 21.7 Å². The molecule has 1 heterocycles. The van der Waals surface area contributed by atoms with Gasteiger partial charge in [0.1, 0.15) is 5.82 Å². The predicted octanol–water partition coefficient (Wildman–Crippen LogP) is 3.17. The Morgan fingerprint density at radius 3 is 2.73 bits per heavy atom. The van der Waals surface area contributed by atoms with Gasteiger partial charge in [0.05, 0.1) is 17.6 Å². The lowest BCUT2D eigenvalue weighted by Crippen LogP contribution is -2.26. The van der Waals surface area contributed by atoms with E-state index < -0.39 is 0 Å². The molecule has 26 heavy (non-hydrogen) atoms. The lowest BCUT2D eigenvalue weighted by molar-refractivity contribution is -0.121. The van der Waals surface area contributed by atoms with E-state index in [2.05, 4.69) is 9.88 Å². The van der Waals surface area contributed by atoms with Gasteiger partial charge in [-0.15, -0.1) is 0 Å². The number of aliphatic hydroxyl groups excluding tert-OH is 1. The standard InChI is InChI=1S/C20H22ClN3O2/c21-16-7-2-1-6-15(16)14-24-18-9-4-3-8-17(18)23-19(24)11-12-22-20(26)10-5-13-25/h1-4,6-9,25H,5,10-14H2,(H,22,26). The second-order valence-corrected chi connectivity index (χ2v) is 6.53. The van der Waals surface area contributed by atoms with Gasteiger partial charge in [-0.25, -0.2) is 4.98 Å². The minimum absolute atomic E-state index is 0.0288. The summed E-state index contributed by atoms with van der Waals surface area (Å²) in [5.41, 5.74) is 3.01. The number of halogens is 1. The first kappa shape index (κ1) is 18.4. The molecule has 0 bridgehead atoms. The molecule has 0 aliphatic rings. The van der Waals surface area contributed by atoms with E-state index in [-0.39, 0.29) is 12.5 Å². The zero-order chi connectivity index (χ0) is 18.4. The van der Waals surface area contributed by atoms with Crippen molar-refractivity contribution in [2.75, 3.05) is 13.2 Å². The van der Waals surface area contributed by atoms with Crippen LogP contribution in [0.5, 0.6) is 0 Å². The third-order valence-corrected chi connectivity index (χ3v) is 4.62. The van der Waals surface area contributed by atoms with Gasteiger partial charge in [-0.1, -0.05) is 41.9 Å². The monoisotopic (exact) mass is 371 g/mol. The van der Waals surface area contributed by atoms with Crippen molar-refractivity contribution in [2.24, 2.45) is 0 Å². The molecular formula is C20H22ClN3O2. The number of para-hydroxylation sites is 2. The van der Waals surface area contributed by atoms with Crippen LogP contribution in [0.15, 0.2) is 48.5 Å². The molecule has 6 heteroatoms. The number of nitrogens with zero attached hydrogens (tertiary/aromatic N) is 2. The van der Waals surface area contributed by atoms with Crippen molar-refractivity contribution in [3.05, 3.63) is 64.9 Å². The molecule has 0 saturated heterocycles. The number of rotatable bonds is 8. The predicted molar refractivity (Wildman–Crippen MR) is 103 cm³/mol. The Hall–Kier alpha value is -2.37. The zero-order valence-electron chi connectivity index (χ0n) is 14.5. The SMILES string of the molecule is O=C(CCCO)NCCc1nc2ccccc2n1Cc1ccccc1Cl. The molecule has 0 saturated carbocycles. The van der Waals surface area contributed by atoms with Crippen LogP contribution in [-0.2, 0) is 17.8 Å². The first-order valence-electron chi connectivity index (χ1n) is 8.74. The van der Waals surface area contributed by atoms with Gasteiger partial charge in [-0.3, -0.25) is 4.79 Å². The topological polar surface area (TPSA) is 67.2 Å². The van der Waals surface area contributed by atoms with Gasteiger partial charge in [0.15, 0.2) is 0 Å². The molecule has 0 aliphatic heterocycles. The summed E-state index contributed by atoms with van der Waals surface area (Å²) in [6.45, 7) is 1.17. The first-order chi connectivity index (χ1) is 12.7. The molecule has 1 aromatic heterocycles. The number of nitrogens with one attached hydrogen (secondary N) is 1. The van der Waals surface area contributed by atoms with Gasteiger partial charge in [0.2, 0.25) is 5.91 Å². The van der Waals surface area contributed by atoms with Crippen LogP contribution in [0.4, 0.5) is 0 Å². The number of benzene rings is 2. The highest BCUT2D eigenvalue weighted by Crippen LogP contribution is 2.22. The van der Waals surface area contributed by atoms with Crippen molar-refractivity contribution in [1.29, 1.82) is 0 Å². The Morgan fingerprint density at radius 2 is 1.92 bits per heavy atom. The summed E-state index contributed by atoms with van der Waals surface area (Å²) in [6.07, 6.45) is 1.45. The minimum Gasteiger partial charge on any atom is -0.396 e. The van der Waals surface area contributed by atoms with Gasteiger partial charge in [0, 0.05) is 31.0 Å². The fraction of sp³-hybridized carbons (Fsp3) is 0.300. The number of carbonyl (C=O) groups is 1. The molecule has 136 valence electrons. The molecule has 3 aromatic rings. The largest absolute Gasteiger partial charge is 0.396 e. The van der Waals surface area contributed by atoms with E-state index in [1.807, 2.05) is 48.5 Å². The van der Waals surface area contributed by atoms with Crippen LogP contribution >= 0.6 is 11.6 Å². The van der Waals surface area contributed by atoms with E-state index >= 15 is 0 Å². The van der Waals surface area contributed by atoms with Crippen LogP contribution in [0.25, 0.3) is 11.0 Å². The lowest BCUT2D eigenvalue weighted by Gasteiger charge is -2.11. The Morgan fingerprint density at radius 1 is 1.15 bits per heavy atom. The van der Waals surface area contributed by atoms with Crippen molar-refractivity contribution in [3.63, 3.8) is 0 Å². The average molecular weight is 372 g/mol. The van der Waals surface area contributed by atoms with Crippen molar-refractivity contribution in [3.8, 4) is 0 Å². The van der Waals surface area contributed by atoms with E-state index in [0.29, 0.717) is 32.4 Å². The summed E-state index contributed by atoms with van der Waals surface area (Å²) < 4.78 is 2.15. The number of fused-ring (bicyclic) bond motifs is 1. The van der Waals surface area contributed by atoms with Gasteiger partial charge >= 0.3 is 0 Å². The van der Waals surface area contributed by atoms with Crippen LogP contribution < -0.4 is 5.32 Å². The fourth-order valence-electron chi connectivity index (χ4n) is 2.93. The zero-order valence-corrected chi connectivity index (χ0v) is 15.2.